The van der Waals surface area contributed by atoms with E-state index in [9.17, 15) is 8.42 Å². The zero-order chi connectivity index (χ0) is 12.2. The van der Waals surface area contributed by atoms with Crippen LogP contribution in [0, 0.1) is 0 Å². The van der Waals surface area contributed by atoms with Crippen LogP contribution in [0.25, 0.3) is 0 Å². The van der Waals surface area contributed by atoms with Crippen LogP contribution in [-0.2, 0) is 9.05 Å². The maximum Gasteiger partial charge on any atom is 0.265 e. The molecule has 0 bridgehead atoms. The lowest BCUT2D eigenvalue weighted by molar-refractivity contribution is 0.353. The van der Waals surface area contributed by atoms with E-state index in [1.165, 1.54) is 6.07 Å². The molecule has 0 aromatic heterocycles. The molecule has 0 unspecified atom stereocenters. The molecular formula is C10H10BrClO3S. The Morgan fingerprint density at radius 1 is 1.50 bits per heavy atom. The Morgan fingerprint density at radius 3 is 2.75 bits per heavy atom. The summed E-state index contributed by atoms with van der Waals surface area (Å²) in [6.45, 7) is 2.15. The fourth-order valence-corrected chi connectivity index (χ4v) is 2.54. The number of benzene rings is 1. The summed E-state index contributed by atoms with van der Waals surface area (Å²) in [5.74, 6) is 0.247. The topological polar surface area (TPSA) is 43.4 Å². The molecule has 0 N–H and O–H groups in total. The zero-order valence-electron chi connectivity index (χ0n) is 8.48. The maximum atomic E-state index is 11.3. The van der Waals surface area contributed by atoms with E-state index in [2.05, 4.69) is 15.9 Å². The summed E-state index contributed by atoms with van der Waals surface area (Å²) in [6.07, 6.45) is 3.58. The highest BCUT2D eigenvalue weighted by Gasteiger charge is 2.17. The molecule has 1 rings (SSSR count). The molecule has 3 nitrogen and oxygen atoms in total. The van der Waals surface area contributed by atoms with Crippen molar-refractivity contribution in [2.45, 2.75) is 11.8 Å². The highest BCUT2D eigenvalue weighted by molar-refractivity contribution is 9.10. The minimum Gasteiger partial charge on any atom is -0.488 e. The summed E-state index contributed by atoms with van der Waals surface area (Å²) in [4.78, 5) is -0.0342. The van der Waals surface area contributed by atoms with Gasteiger partial charge in [0, 0.05) is 15.2 Å². The van der Waals surface area contributed by atoms with Gasteiger partial charge in [-0.15, -0.1) is 0 Å². The first-order chi connectivity index (χ1) is 7.45. The van der Waals surface area contributed by atoms with E-state index in [4.69, 9.17) is 15.4 Å². The first-order valence-corrected chi connectivity index (χ1v) is 7.53. The first-order valence-electron chi connectivity index (χ1n) is 4.43. The molecule has 0 heterocycles. The second-order valence-electron chi connectivity index (χ2n) is 2.91. The van der Waals surface area contributed by atoms with Gasteiger partial charge in [-0.1, -0.05) is 28.1 Å². The standard InChI is InChI=1S/C10H10BrClO3S/c1-2-3-6-15-9-5-4-8(11)7-10(9)16(12,13)14/h2-5,7H,6H2,1H3/b3-2+. The molecule has 1 aromatic rings. The molecule has 16 heavy (non-hydrogen) atoms. The third-order valence-corrected chi connectivity index (χ3v) is 3.58. The van der Waals surface area contributed by atoms with Gasteiger partial charge in [-0.05, 0) is 25.1 Å². The number of allylic oxidation sites excluding steroid dienone is 1. The minimum absolute atomic E-state index is 0.0342. The van der Waals surface area contributed by atoms with Gasteiger partial charge in [-0.2, -0.15) is 0 Å². The second-order valence-corrected chi connectivity index (χ2v) is 6.36. The number of rotatable bonds is 4. The van der Waals surface area contributed by atoms with Crippen LogP contribution in [0.15, 0.2) is 39.7 Å². The van der Waals surface area contributed by atoms with Gasteiger partial charge >= 0.3 is 0 Å². The molecule has 0 aliphatic rings. The highest BCUT2D eigenvalue weighted by Crippen LogP contribution is 2.29. The lowest BCUT2D eigenvalue weighted by Crippen LogP contribution is -2.00. The van der Waals surface area contributed by atoms with Crippen LogP contribution in [0.4, 0.5) is 0 Å². The molecule has 0 atom stereocenters. The minimum atomic E-state index is -3.80. The first kappa shape index (κ1) is 13.5. The molecule has 0 radical (unpaired) electrons. The van der Waals surface area contributed by atoms with Crippen molar-refractivity contribution in [3.8, 4) is 5.75 Å². The predicted molar refractivity (Wildman–Crippen MR) is 67.5 cm³/mol. The van der Waals surface area contributed by atoms with Crippen molar-refractivity contribution in [3.63, 3.8) is 0 Å². The molecular weight excluding hydrogens is 316 g/mol. The summed E-state index contributed by atoms with van der Waals surface area (Å²) in [5.41, 5.74) is 0. The molecule has 0 saturated heterocycles. The van der Waals surface area contributed by atoms with Crippen molar-refractivity contribution >= 4 is 35.7 Å². The van der Waals surface area contributed by atoms with Gasteiger partial charge in [0.25, 0.3) is 9.05 Å². The third-order valence-electron chi connectivity index (χ3n) is 1.74. The molecule has 0 fully saturated rings. The van der Waals surface area contributed by atoms with E-state index >= 15 is 0 Å². The van der Waals surface area contributed by atoms with E-state index in [0.717, 1.165) is 0 Å². The third kappa shape index (κ3) is 3.81. The largest absolute Gasteiger partial charge is 0.488 e. The smallest absolute Gasteiger partial charge is 0.265 e. The number of hydrogen-bond acceptors (Lipinski definition) is 3. The van der Waals surface area contributed by atoms with Crippen LogP contribution in [-0.4, -0.2) is 15.0 Å². The van der Waals surface area contributed by atoms with Crippen molar-refractivity contribution in [1.82, 2.24) is 0 Å². The lowest BCUT2D eigenvalue weighted by atomic mass is 10.3. The van der Waals surface area contributed by atoms with Crippen LogP contribution in [0.5, 0.6) is 5.75 Å². The van der Waals surface area contributed by atoms with Crippen LogP contribution in [0.1, 0.15) is 6.92 Å². The highest BCUT2D eigenvalue weighted by atomic mass is 79.9. The average Bonchev–Trinajstić information content (AvgIpc) is 2.19. The summed E-state index contributed by atoms with van der Waals surface area (Å²) in [5, 5.41) is 0. The Balaban J connectivity index is 3.08. The Hall–Kier alpha value is -0.520. The summed E-state index contributed by atoms with van der Waals surface area (Å²) in [7, 11) is 1.50. The summed E-state index contributed by atoms with van der Waals surface area (Å²) < 4.78 is 28.5. The number of ether oxygens (including phenoxy) is 1. The average molecular weight is 326 g/mol. The predicted octanol–water partition coefficient (Wildman–Crippen LogP) is 3.33. The van der Waals surface area contributed by atoms with Crippen LogP contribution in [0.3, 0.4) is 0 Å². The van der Waals surface area contributed by atoms with E-state index in [1.807, 2.05) is 13.0 Å². The Bertz CT molecular complexity index is 497. The zero-order valence-corrected chi connectivity index (χ0v) is 11.6. The van der Waals surface area contributed by atoms with Crippen molar-refractivity contribution in [2.75, 3.05) is 6.61 Å². The van der Waals surface area contributed by atoms with E-state index in [1.54, 1.807) is 18.2 Å². The maximum absolute atomic E-state index is 11.3. The Labute approximate surface area is 108 Å². The normalized spacial score (nSPS) is 11.9. The Morgan fingerprint density at radius 2 is 2.19 bits per heavy atom. The molecule has 6 heteroatoms. The van der Waals surface area contributed by atoms with Gasteiger partial charge < -0.3 is 4.74 Å². The van der Waals surface area contributed by atoms with Crippen molar-refractivity contribution in [2.24, 2.45) is 0 Å². The molecule has 1 aromatic carbocycles. The van der Waals surface area contributed by atoms with Gasteiger partial charge in [0.15, 0.2) is 0 Å². The monoisotopic (exact) mass is 324 g/mol. The van der Waals surface area contributed by atoms with Gasteiger partial charge in [0.05, 0.1) is 0 Å². The molecule has 0 spiro atoms. The van der Waals surface area contributed by atoms with E-state index < -0.39 is 9.05 Å². The number of halogens is 2. The number of hydrogen-bond donors (Lipinski definition) is 0. The van der Waals surface area contributed by atoms with Crippen LogP contribution < -0.4 is 4.74 Å². The van der Waals surface area contributed by atoms with Gasteiger partial charge in [-0.25, -0.2) is 8.42 Å². The van der Waals surface area contributed by atoms with Crippen LogP contribution >= 0.6 is 26.6 Å². The Kier molecular flexibility index (Phi) is 4.83. The van der Waals surface area contributed by atoms with Crippen molar-refractivity contribution < 1.29 is 13.2 Å². The van der Waals surface area contributed by atoms with E-state index in [-0.39, 0.29) is 10.6 Å². The molecule has 0 saturated carbocycles. The summed E-state index contributed by atoms with van der Waals surface area (Å²) >= 11 is 3.18. The van der Waals surface area contributed by atoms with Gasteiger partial charge in [0.1, 0.15) is 17.3 Å². The van der Waals surface area contributed by atoms with Crippen molar-refractivity contribution in [1.29, 1.82) is 0 Å². The van der Waals surface area contributed by atoms with E-state index in [0.29, 0.717) is 11.1 Å². The van der Waals surface area contributed by atoms with Crippen molar-refractivity contribution in [3.05, 3.63) is 34.8 Å². The molecule has 0 aliphatic carbocycles. The van der Waals surface area contributed by atoms with Crippen LogP contribution in [0.2, 0.25) is 0 Å². The van der Waals surface area contributed by atoms with Gasteiger partial charge in [-0.3, -0.25) is 0 Å². The SMILES string of the molecule is C/C=C/COc1ccc(Br)cc1S(=O)(=O)Cl. The summed E-state index contributed by atoms with van der Waals surface area (Å²) in [6, 6.07) is 4.66. The second kappa shape index (κ2) is 5.70. The molecule has 88 valence electrons. The quantitative estimate of drug-likeness (QED) is 0.630. The molecule has 0 aliphatic heterocycles. The van der Waals surface area contributed by atoms with Gasteiger partial charge in [0.2, 0.25) is 0 Å². The molecule has 0 amide bonds. The lowest BCUT2D eigenvalue weighted by Gasteiger charge is -2.07. The fourth-order valence-electron chi connectivity index (χ4n) is 1.03. The fraction of sp³-hybridized carbons (Fsp3) is 0.200.